The predicted molar refractivity (Wildman–Crippen MR) is 130 cm³/mol. The molecule has 0 aliphatic heterocycles. The Morgan fingerprint density at radius 2 is 1.91 bits per heavy atom. The van der Waals surface area contributed by atoms with Crippen LogP contribution in [0.4, 0.5) is 5.82 Å². The number of hydrogen-bond acceptors (Lipinski definition) is 7. The Balaban J connectivity index is 1.44. The summed E-state index contributed by atoms with van der Waals surface area (Å²) in [6, 6.07) is 13.5. The number of nitrogens with zero attached hydrogens (tertiary/aromatic N) is 4. The van der Waals surface area contributed by atoms with Crippen molar-refractivity contribution in [1.82, 2.24) is 24.8 Å². The van der Waals surface area contributed by atoms with Gasteiger partial charge in [-0.25, -0.2) is 15.0 Å². The Morgan fingerprint density at radius 1 is 1.11 bits per heavy atom. The quantitative estimate of drug-likeness (QED) is 0.336. The highest BCUT2D eigenvalue weighted by molar-refractivity contribution is 5.89. The summed E-state index contributed by atoms with van der Waals surface area (Å²) in [6.07, 6.45) is -0.207. The molecule has 2 aliphatic carbocycles. The van der Waals surface area contributed by atoms with E-state index in [4.69, 9.17) is 0 Å². The zero-order chi connectivity index (χ0) is 24.3. The molecule has 6 rings (SSSR count). The molecule has 2 saturated carbocycles. The average molecular weight is 469 g/mol. The minimum Gasteiger partial charge on any atom is -0.389 e. The summed E-state index contributed by atoms with van der Waals surface area (Å²) in [6.45, 7) is 0. The first-order chi connectivity index (χ1) is 17.0. The summed E-state index contributed by atoms with van der Waals surface area (Å²) >= 11 is 0. The Hall–Kier alpha value is -4.00. The van der Waals surface area contributed by atoms with Gasteiger partial charge < -0.3 is 25.4 Å². The minimum absolute atomic E-state index is 0.219. The third-order valence-corrected chi connectivity index (χ3v) is 7.40. The molecule has 1 amide bonds. The van der Waals surface area contributed by atoms with Gasteiger partial charge in [-0.2, -0.15) is 0 Å². The van der Waals surface area contributed by atoms with Crippen molar-refractivity contribution < 1.29 is 15.0 Å². The number of imidazole rings is 1. The summed E-state index contributed by atoms with van der Waals surface area (Å²) in [4.78, 5) is 26.2. The number of aliphatic hydroxyl groups is 2. The standard InChI is InChI=1S/C26H24N6O3/c1-27-23-19-24(31-18(30-23)11-10-15-8-5-7-14-6-3-4-9-16(14)15)32(13-29-19)20-17-12-26(17,25(35)28-2)22(34)21(20)33/h3-9,13,17,20-22,33-34H,12H2,1-2H3,(H,28,35)(H,27,30,31)/t17?,20-,21+,22+,26-/m1/s1. The molecule has 2 aromatic carbocycles. The van der Waals surface area contributed by atoms with Crippen molar-refractivity contribution in [3.63, 3.8) is 0 Å². The van der Waals surface area contributed by atoms with Crippen LogP contribution in [0.25, 0.3) is 21.9 Å². The van der Waals surface area contributed by atoms with Gasteiger partial charge in [-0.1, -0.05) is 42.3 Å². The minimum atomic E-state index is -1.16. The topological polar surface area (TPSA) is 125 Å². The van der Waals surface area contributed by atoms with Gasteiger partial charge in [0.25, 0.3) is 0 Å². The Labute approximate surface area is 201 Å². The molecule has 4 aromatic rings. The second kappa shape index (κ2) is 7.77. The van der Waals surface area contributed by atoms with Crippen molar-refractivity contribution in [2.45, 2.75) is 24.7 Å². The van der Waals surface area contributed by atoms with E-state index in [0.717, 1.165) is 16.3 Å². The predicted octanol–water partition coefficient (Wildman–Crippen LogP) is 1.45. The van der Waals surface area contributed by atoms with Gasteiger partial charge in [0, 0.05) is 25.6 Å². The molecule has 0 saturated heterocycles. The fourth-order valence-corrected chi connectivity index (χ4v) is 5.61. The SMILES string of the molecule is CNC(=O)[C@]12CC1[C@@H](n1cnc3c(NC)nc(C#Cc4cccc5ccccc45)nc31)[C@H](O)[C@@H]2O. The van der Waals surface area contributed by atoms with E-state index in [9.17, 15) is 15.0 Å². The molecule has 2 aromatic heterocycles. The number of benzene rings is 2. The third-order valence-electron chi connectivity index (χ3n) is 7.40. The average Bonchev–Trinajstić information content (AvgIpc) is 3.43. The number of rotatable bonds is 3. The highest BCUT2D eigenvalue weighted by Gasteiger charge is 2.75. The lowest BCUT2D eigenvalue weighted by Gasteiger charge is -2.23. The number of amides is 1. The van der Waals surface area contributed by atoms with Gasteiger partial charge in [0.05, 0.1) is 23.9 Å². The van der Waals surface area contributed by atoms with Crippen molar-refractivity contribution in [1.29, 1.82) is 0 Å². The van der Waals surface area contributed by atoms with E-state index in [-0.39, 0.29) is 11.8 Å². The Morgan fingerprint density at radius 3 is 2.71 bits per heavy atom. The summed E-state index contributed by atoms with van der Waals surface area (Å²) in [7, 11) is 3.28. The van der Waals surface area contributed by atoms with Crippen LogP contribution in [0.5, 0.6) is 0 Å². The Bertz CT molecular complexity index is 1550. The van der Waals surface area contributed by atoms with Crippen molar-refractivity contribution >= 4 is 33.7 Å². The van der Waals surface area contributed by atoms with Gasteiger partial charge in [0.1, 0.15) is 6.10 Å². The van der Waals surface area contributed by atoms with Crippen LogP contribution >= 0.6 is 0 Å². The smallest absolute Gasteiger partial charge is 0.229 e. The zero-order valence-corrected chi connectivity index (χ0v) is 19.2. The number of anilines is 1. The maximum Gasteiger partial charge on any atom is 0.229 e. The van der Waals surface area contributed by atoms with Gasteiger partial charge in [-0.05, 0) is 29.2 Å². The second-order valence-corrected chi connectivity index (χ2v) is 9.10. The van der Waals surface area contributed by atoms with E-state index in [0.29, 0.717) is 29.2 Å². The molecule has 176 valence electrons. The lowest BCUT2D eigenvalue weighted by Crippen LogP contribution is -2.41. The third kappa shape index (κ3) is 3.04. The number of carbonyl (C=O) groups is 1. The molecule has 5 atom stereocenters. The van der Waals surface area contributed by atoms with Crippen LogP contribution in [0.15, 0.2) is 48.8 Å². The molecule has 2 fully saturated rings. The summed E-state index contributed by atoms with van der Waals surface area (Å²) < 4.78 is 1.75. The van der Waals surface area contributed by atoms with Crippen LogP contribution in [0, 0.1) is 23.2 Å². The van der Waals surface area contributed by atoms with Crippen molar-refractivity contribution in [2.75, 3.05) is 19.4 Å². The monoisotopic (exact) mass is 468 g/mol. The van der Waals surface area contributed by atoms with Crippen LogP contribution < -0.4 is 10.6 Å². The van der Waals surface area contributed by atoms with Gasteiger partial charge in [-0.15, -0.1) is 0 Å². The maximum absolute atomic E-state index is 12.5. The van der Waals surface area contributed by atoms with Crippen molar-refractivity contribution in [2.24, 2.45) is 11.3 Å². The zero-order valence-electron chi connectivity index (χ0n) is 19.2. The van der Waals surface area contributed by atoms with Crippen molar-refractivity contribution in [3.8, 4) is 11.8 Å². The maximum atomic E-state index is 12.5. The fourth-order valence-electron chi connectivity index (χ4n) is 5.61. The summed E-state index contributed by atoms with van der Waals surface area (Å²) in [5.74, 6) is 6.60. The normalized spacial score (nSPS) is 26.7. The number of aliphatic hydroxyl groups excluding tert-OH is 2. The molecule has 35 heavy (non-hydrogen) atoms. The number of fused-ring (bicyclic) bond motifs is 3. The number of hydrogen-bond donors (Lipinski definition) is 4. The highest BCUT2D eigenvalue weighted by Crippen LogP contribution is 2.67. The molecule has 9 nitrogen and oxygen atoms in total. The van der Waals surface area contributed by atoms with Gasteiger partial charge in [0.15, 0.2) is 17.0 Å². The lowest BCUT2D eigenvalue weighted by molar-refractivity contribution is -0.132. The van der Waals surface area contributed by atoms with Gasteiger partial charge >= 0.3 is 0 Å². The molecule has 4 N–H and O–H groups in total. The van der Waals surface area contributed by atoms with Crippen LogP contribution in [0.3, 0.4) is 0 Å². The molecule has 0 radical (unpaired) electrons. The van der Waals surface area contributed by atoms with Gasteiger partial charge in [-0.3, -0.25) is 4.79 Å². The van der Waals surface area contributed by atoms with Crippen molar-refractivity contribution in [3.05, 3.63) is 60.2 Å². The molecular weight excluding hydrogens is 444 g/mol. The van der Waals surface area contributed by atoms with Gasteiger partial charge in [0.2, 0.25) is 11.7 Å². The van der Waals surface area contributed by atoms with E-state index in [2.05, 4.69) is 37.4 Å². The Kier molecular flexibility index (Phi) is 4.78. The largest absolute Gasteiger partial charge is 0.389 e. The first-order valence-corrected chi connectivity index (χ1v) is 11.5. The number of aromatic nitrogens is 4. The number of nitrogens with one attached hydrogen (secondary N) is 2. The molecular formula is C26H24N6O3. The number of carbonyl (C=O) groups excluding carboxylic acids is 1. The summed E-state index contributed by atoms with van der Waals surface area (Å²) in [5, 5.41) is 29.4. The molecule has 0 bridgehead atoms. The van der Waals surface area contributed by atoms with E-state index in [1.54, 1.807) is 25.0 Å². The molecule has 0 spiro atoms. The molecule has 2 aliphatic rings. The van der Waals surface area contributed by atoms with Crippen LogP contribution in [-0.2, 0) is 4.79 Å². The lowest BCUT2D eigenvalue weighted by atomic mass is 9.98. The molecule has 2 heterocycles. The molecule has 9 heteroatoms. The van der Waals surface area contributed by atoms with E-state index < -0.39 is 23.7 Å². The van der Waals surface area contributed by atoms with Crippen LogP contribution in [0.1, 0.15) is 23.9 Å². The van der Waals surface area contributed by atoms with E-state index >= 15 is 0 Å². The first-order valence-electron chi connectivity index (χ1n) is 11.5. The van der Waals surface area contributed by atoms with Crippen LogP contribution in [-0.4, -0.2) is 61.9 Å². The van der Waals surface area contributed by atoms with E-state index in [1.807, 2.05) is 42.5 Å². The fraction of sp³-hybridized carbons (Fsp3) is 0.308. The second-order valence-electron chi connectivity index (χ2n) is 9.10. The summed E-state index contributed by atoms with van der Waals surface area (Å²) in [5.41, 5.74) is 0.907. The first kappa shape index (κ1) is 21.5. The molecule has 1 unspecified atom stereocenters. The van der Waals surface area contributed by atoms with E-state index in [1.165, 1.54) is 0 Å². The highest BCUT2D eigenvalue weighted by atomic mass is 16.3. The van der Waals surface area contributed by atoms with Crippen LogP contribution in [0.2, 0.25) is 0 Å².